The quantitative estimate of drug-likeness (QED) is 0.801. The molecule has 0 aliphatic carbocycles. The van der Waals surface area contributed by atoms with Crippen LogP contribution in [0.25, 0.3) is 0 Å². The van der Waals surface area contributed by atoms with Crippen LogP contribution >= 0.6 is 11.6 Å². The van der Waals surface area contributed by atoms with Crippen LogP contribution in [0.4, 0.5) is 5.82 Å². The van der Waals surface area contributed by atoms with E-state index >= 15 is 0 Å². The highest BCUT2D eigenvalue weighted by atomic mass is 35.5. The van der Waals surface area contributed by atoms with Gasteiger partial charge in [0.2, 0.25) is 5.28 Å². The zero-order valence-corrected chi connectivity index (χ0v) is 10.5. The summed E-state index contributed by atoms with van der Waals surface area (Å²) >= 11 is 5.81. The summed E-state index contributed by atoms with van der Waals surface area (Å²) in [5, 5.41) is 13.0. The van der Waals surface area contributed by atoms with E-state index in [1.165, 1.54) is 0 Å². The van der Waals surface area contributed by atoms with Crippen molar-refractivity contribution in [3.8, 4) is 0 Å². The van der Waals surface area contributed by atoms with Crippen molar-refractivity contribution < 1.29 is 9.84 Å². The van der Waals surface area contributed by atoms with Crippen LogP contribution in [0.5, 0.6) is 0 Å². The van der Waals surface area contributed by atoms with E-state index in [2.05, 4.69) is 15.3 Å². The third kappa shape index (κ3) is 3.06. The number of halogens is 1. The maximum absolute atomic E-state index is 9.55. The molecular weight excluding hydrogens is 242 g/mol. The number of rotatable bonds is 3. The molecular formula is C11H16ClN3O2. The van der Waals surface area contributed by atoms with Crippen LogP contribution in [-0.4, -0.2) is 40.4 Å². The minimum atomic E-state index is -0.359. The van der Waals surface area contributed by atoms with Gasteiger partial charge in [0.05, 0.1) is 12.1 Å². The Morgan fingerprint density at radius 2 is 2.18 bits per heavy atom. The molecule has 0 amide bonds. The third-order valence-corrected chi connectivity index (χ3v) is 3.14. The van der Waals surface area contributed by atoms with Gasteiger partial charge in [0, 0.05) is 25.0 Å². The Balaban J connectivity index is 2.17. The Bertz CT molecular complexity index is 374. The van der Waals surface area contributed by atoms with Crippen molar-refractivity contribution in [2.75, 3.05) is 25.1 Å². The lowest BCUT2D eigenvalue weighted by Gasteiger charge is -2.36. The minimum Gasteiger partial charge on any atom is -0.394 e. The van der Waals surface area contributed by atoms with Gasteiger partial charge in [0.15, 0.2) is 0 Å². The molecule has 2 rings (SSSR count). The highest BCUT2D eigenvalue weighted by molar-refractivity contribution is 6.28. The number of aromatic nitrogens is 2. The minimum absolute atomic E-state index is 0.0526. The Morgan fingerprint density at radius 3 is 2.76 bits per heavy atom. The fourth-order valence-corrected chi connectivity index (χ4v) is 2.18. The first kappa shape index (κ1) is 12.5. The predicted molar refractivity (Wildman–Crippen MR) is 65.3 cm³/mol. The predicted octanol–water partition coefficient (Wildman–Crippen LogP) is 1.39. The smallest absolute Gasteiger partial charge is 0.224 e. The molecule has 2 heterocycles. The van der Waals surface area contributed by atoms with Crippen LogP contribution < -0.4 is 5.32 Å². The standard InChI is InChI=1S/C11H16ClN3O2/c1-8-6-9(14-10(12)13-8)15-11(7-16)2-4-17-5-3-11/h6,16H,2-5,7H2,1H3,(H,13,14,15). The summed E-state index contributed by atoms with van der Waals surface area (Å²) in [6.07, 6.45) is 1.51. The normalized spacial score (nSPS) is 19.0. The van der Waals surface area contributed by atoms with Gasteiger partial charge in [-0.2, -0.15) is 0 Å². The number of hydrogen-bond donors (Lipinski definition) is 2. The molecule has 1 aliphatic heterocycles. The number of nitrogens with zero attached hydrogens (tertiary/aromatic N) is 2. The summed E-state index contributed by atoms with van der Waals surface area (Å²) in [5.74, 6) is 0.651. The Labute approximate surface area is 105 Å². The lowest BCUT2D eigenvalue weighted by Crippen LogP contribution is -2.47. The van der Waals surface area contributed by atoms with E-state index in [0.29, 0.717) is 19.0 Å². The molecule has 0 spiro atoms. The highest BCUT2D eigenvalue weighted by Gasteiger charge is 2.32. The second-order valence-electron chi connectivity index (χ2n) is 4.34. The van der Waals surface area contributed by atoms with Gasteiger partial charge in [-0.25, -0.2) is 9.97 Å². The van der Waals surface area contributed by atoms with Crippen LogP contribution in [0.3, 0.4) is 0 Å². The van der Waals surface area contributed by atoms with Crippen molar-refractivity contribution in [1.82, 2.24) is 9.97 Å². The summed E-state index contributed by atoms with van der Waals surface area (Å²) in [5.41, 5.74) is 0.440. The van der Waals surface area contributed by atoms with Gasteiger partial charge in [-0.1, -0.05) is 0 Å². The zero-order chi connectivity index (χ0) is 12.3. The molecule has 1 fully saturated rings. The summed E-state index contributed by atoms with van der Waals surface area (Å²) < 4.78 is 5.30. The van der Waals surface area contributed by atoms with Crippen LogP contribution in [0.15, 0.2) is 6.07 Å². The molecule has 0 unspecified atom stereocenters. The number of aliphatic hydroxyl groups is 1. The number of nitrogens with one attached hydrogen (secondary N) is 1. The average Bonchev–Trinajstić information content (AvgIpc) is 2.29. The van der Waals surface area contributed by atoms with Crippen molar-refractivity contribution in [3.05, 3.63) is 17.0 Å². The largest absolute Gasteiger partial charge is 0.394 e. The van der Waals surface area contributed by atoms with Crippen LogP contribution in [0.1, 0.15) is 18.5 Å². The third-order valence-electron chi connectivity index (χ3n) is 2.97. The summed E-state index contributed by atoms with van der Waals surface area (Å²) in [6.45, 7) is 3.20. The average molecular weight is 258 g/mol. The van der Waals surface area contributed by atoms with Crippen molar-refractivity contribution in [2.24, 2.45) is 0 Å². The van der Waals surface area contributed by atoms with Gasteiger partial charge in [-0.3, -0.25) is 0 Å². The highest BCUT2D eigenvalue weighted by Crippen LogP contribution is 2.25. The molecule has 1 aromatic heterocycles. The Hall–Kier alpha value is -0.910. The Kier molecular flexibility index (Phi) is 3.81. The molecule has 6 heteroatoms. The second kappa shape index (κ2) is 5.16. The van der Waals surface area contributed by atoms with E-state index < -0.39 is 0 Å². The Morgan fingerprint density at radius 1 is 1.47 bits per heavy atom. The topological polar surface area (TPSA) is 67.3 Å². The van der Waals surface area contributed by atoms with Gasteiger partial charge in [-0.15, -0.1) is 0 Å². The lowest BCUT2D eigenvalue weighted by molar-refractivity contribution is 0.0378. The van der Waals surface area contributed by atoms with Crippen molar-refractivity contribution in [2.45, 2.75) is 25.3 Å². The molecule has 2 N–H and O–H groups in total. The molecule has 0 atom stereocenters. The number of aliphatic hydroxyl groups excluding tert-OH is 1. The molecule has 5 nitrogen and oxygen atoms in total. The van der Waals surface area contributed by atoms with Gasteiger partial charge in [0.25, 0.3) is 0 Å². The van der Waals surface area contributed by atoms with E-state index in [1.807, 2.05) is 13.0 Å². The van der Waals surface area contributed by atoms with Crippen LogP contribution in [0, 0.1) is 6.92 Å². The van der Waals surface area contributed by atoms with E-state index in [9.17, 15) is 5.11 Å². The maximum atomic E-state index is 9.55. The van der Waals surface area contributed by atoms with E-state index in [1.54, 1.807) is 0 Å². The van der Waals surface area contributed by atoms with Gasteiger partial charge in [-0.05, 0) is 31.4 Å². The summed E-state index contributed by atoms with van der Waals surface area (Å²) in [4.78, 5) is 8.12. The van der Waals surface area contributed by atoms with E-state index in [-0.39, 0.29) is 17.4 Å². The molecule has 1 saturated heterocycles. The SMILES string of the molecule is Cc1cc(NC2(CO)CCOCC2)nc(Cl)n1. The van der Waals surface area contributed by atoms with Gasteiger partial charge in [0.1, 0.15) is 5.82 Å². The maximum Gasteiger partial charge on any atom is 0.224 e. The summed E-state index contributed by atoms with van der Waals surface area (Å²) in [7, 11) is 0. The number of ether oxygens (including phenoxy) is 1. The molecule has 1 aromatic rings. The first-order chi connectivity index (χ1) is 8.13. The van der Waals surface area contributed by atoms with Crippen molar-refractivity contribution >= 4 is 17.4 Å². The van der Waals surface area contributed by atoms with Crippen molar-refractivity contribution in [3.63, 3.8) is 0 Å². The monoisotopic (exact) mass is 257 g/mol. The summed E-state index contributed by atoms with van der Waals surface area (Å²) in [6, 6.07) is 1.82. The van der Waals surface area contributed by atoms with Crippen LogP contribution in [-0.2, 0) is 4.74 Å². The molecule has 0 radical (unpaired) electrons. The first-order valence-corrected chi connectivity index (χ1v) is 5.99. The molecule has 0 aromatic carbocycles. The van der Waals surface area contributed by atoms with Gasteiger partial charge >= 0.3 is 0 Å². The number of aryl methyl sites for hydroxylation is 1. The van der Waals surface area contributed by atoms with Gasteiger partial charge < -0.3 is 15.2 Å². The molecule has 17 heavy (non-hydrogen) atoms. The fourth-order valence-electron chi connectivity index (χ4n) is 1.95. The van der Waals surface area contributed by atoms with Crippen molar-refractivity contribution in [1.29, 1.82) is 0 Å². The number of anilines is 1. The molecule has 94 valence electrons. The van der Waals surface area contributed by atoms with E-state index in [0.717, 1.165) is 18.5 Å². The molecule has 1 aliphatic rings. The fraction of sp³-hybridized carbons (Fsp3) is 0.636. The zero-order valence-electron chi connectivity index (χ0n) is 9.74. The van der Waals surface area contributed by atoms with Crippen LogP contribution in [0.2, 0.25) is 5.28 Å². The van der Waals surface area contributed by atoms with E-state index in [4.69, 9.17) is 16.3 Å². The number of hydrogen-bond acceptors (Lipinski definition) is 5. The molecule has 0 bridgehead atoms. The molecule has 0 saturated carbocycles. The second-order valence-corrected chi connectivity index (χ2v) is 4.68. The first-order valence-electron chi connectivity index (χ1n) is 5.61. The lowest BCUT2D eigenvalue weighted by atomic mass is 9.91.